The number of rotatable bonds is 5. The number of aromatic nitrogens is 5. The molecule has 0 saturated heterocycles. The van der Waals surface area contributed by atoms with Crippen molar-refractivity contribution in [3.63, 3.8) is 0 Å². The van der Waals surface area contributed by atoms with Gasteiger partial charge >= 0.3 is 5.97 Å². The molecule has 0 aliphatic heterocycles. The Balaban J connectivity index is 1.79. The Bertz CT molecular complexity index is 640. The topological polar surface area (TPSA) is 85.8 Å². The van der Waals surface area contributed by atoms with Gasteiger partial charge in [-0.15, -0.1) is 5.10 Å². The van der Waals surface area contributed by atoms with E-state index in [4.69, 9.17) is 5.11 Å². The Morgan fingerprint density at radius 2 is 2.19 bits per heavy atom. The van der Waals surface area contributed by atoms with Crippen molar-refractivity contribution in [2.75, 3.05) is 0 Å². The van der Waals surface area contributed by atoms with E-state index in [1.54, 1.807) is 4.68 Å². The number of carboxylic acids is 1. The predicted octanol–water partition coefficient (Wildman–Crippen LogP) is 1.90. The maximum absolute atomic E-state index is 11.1. The highest BCUT2D eigenvalue weighted by Crippen LogP contribution is 2.28. The molecule has 1 aliphatic rings. The van der Waals surface area contributed by atoms with Crippen LogP contribution < -0.4 is 0 Å². The average molecular weight is 289 g/mol. The van der Waals surface area contributed by atoms with Gasteiger partial charge in [0.1, 0.15) is 0 Å². The molecule has 21 heavy (non-hydrogen) atoms. The van der Waals surface area contributed by atoms with Crippen LogP contribution in [0.4, 0.5) is 0 Å². The molecule has 0 radical (unpaired) electrons. The Labute approximate surface area is 122 Å². The van der Waals surface area contributed by atoms with E-state index in [-0.39, 0.29) is 5.69 Å². The van der Waals surface area contributed by atoms with E-state index in [0.29, 0.717) is 24.7 Å². The van der Waals surface area contributed by atoms with Gasteiger partial charge in [0.15, 0.2) is 5.69 Å². The molecule has 0 atom stereocenters. The SMILES string of the molecule is CCc1c(C(=O)O)nnn1Cc1ccn(C2CCCC2)n1. The van der Waals surface area contributed by atoms with Gasteiger partial charge in [0.25, 0.3) is 0 Å². The van der Waals surface area contributed by atoms with E-state index in [1.807, 2.05) is 23.9 Å². The van der Waals surface area contributed by atoms with Gasteiger partial charge in [-0.1, -0.05) is 25.0 Å². The summed E-state index contributed by atoms with van der Waals surface area (Å²) in [6.45, 7) is 2.36. The number of hydrogen-bond donors (Lipinski definition) is 1. The molecule has 2 aromatic rings. The Hall–Kier alpha value is -2.18. The number of aromatic carboxylic acids is 1. The van der Waals surface area contributed by atoms with Gasteiger partial charge in [0, 0.05) is 6.20 Å². The van der Waals surface area contributed by atoms with Crippen LogP contribution in [-0.4, -0.2) is 35.9 Å². The predicted molar refractivity (Wildman–Crippen MR) is 75.2 cm³/mol. The largest absolute Gasteiger partial charge is 0.476 e. The van der Waals surface area contributed by atoms with Crippen molar-refractivity contribution < 1.29 is 9.90 Å². The maximum Gasteiger partial charge on any atom is 0.358 e. The quantitative estimate of drug-likeness (QED) is 0.908. The number of hydrogen-bond acceptors (Lipinski definition) is 4. The third-order valence-corrected chi connectivity index (χ3v) is 4.05. The second-order valence-corrected chi connectivity index (χ2v) is 5.43. The Kier molecular flexibility index (Phi) is 3.72. The van der Waals surface area contributed by atoms with Crippen molar-refractivity contribution in [3.8, 4) is 0 Å². The summed E-state index contributed by atoms with van der Waals surface area (Å²) >= 11 is 0. The van der Waals surface area contributed by atoms with Gasteiger partial charge in [0.05, 0.1) is 24.0 Å². The molecule has 1 saturated carbocycles. The Morgan fingerprint density at radius 3 is 2.86 bits per heavy atom. The molecule has 0 amide bonds. The highest BCUT2D eigenvalue weighted by atomic mass is 16.4. The minimum Gasteiger partial charge on any atom is -0.476 e. The van der Waals surface area contributed by atoms with Gasteiger partial charge in [-0.05, 0) is 25.3 Å². The molecule has 112 valence electrons. The van der Waals surface area contributed by atoms with Gasteiger partial charge in [-0.2, -0.15) is 5.10 Å². The first kappa shape index (κ1) is 13.8. The van der Waals surface area contributed by atoms with Crippen LogP contribution in [-0.2, 0) is 13.0 Å². The van der Waals surface area contributed by atoms with Crippen LogP contribution >= 0.6 is 0 Å². The standard InChI is InChI=1S/C14H19N5O2/c1-2-12-13(14(20)21)15-17-19(12)9-10-7-8-18(16-10)11-5-3-4-6-11/h7-8,11H,2-6,9H2,1H3,(H,20,21). The molecule has 7 nitrogen and oxygen atoms in total. The first-order chi connectivity index (χ1) is 10.2. The lowest BCUT2D eigenvalue weighted by Gasteiger charge is -2.09. The zero-order chi connectivity index (χ0) is 14.8. The van der Waals surface area contributed by atoms with Crippen LogP contribution in [0.25, 0.3) is 0 Å². The lowest BCUT2D eigenvalue weighted by atomic mass is 10.2. The summed E-state index contributed by atoms with van der Waals surface area (Å²) in [6.07, 6.45) is 7.50. The average Bonchev–Trinajstić information content (AvgIpc) is 3.18. The van der Waals surface area contributed by atoms with E-state index < -0.39 is 5.97 Å². The van der Waals surface area contributed by atoms with Crippen molar-refractivity contribution in [2.45, 2.75) is 51.6 Å². The number of carboxylic acid groups (broad SMARTS) is 1. The van der Waals surface area contributed by atoms with E-state index in [0.717, 1.165) is 5.69 Å². The smallest absolute Gasteiger partial charge is 0.358 e. The molecule has 0 bridgehead atoms. The molecule has 1 fully saturated rings. The summed E-state index contributed by atoms with van der Waals surface area (Å²) in [4.78, 5) is 11.1. The molecule has 7 heteroatoms. The van der Waals surface area contributed by atoms with Crippen LogP contribution in [0.15, 0.2) is 12.3 Å². The van der Waals surface area contributed by atoms with Crippen LogP contribution in [0.3, 0.4) is 0 Å². The molecular weight excluding hydrogens is 270 g/mol. The second-order valence-electron chi connectivity index (χ2n) is 5.43. The highest BCUT2D eigenvalue weighted by molar-refractivity contribution is 5.86. The zero-order valence-corrected chi connectivity index (χ0v) is 12.1. The summed E-state index contributed by atoms with van der Waals surface area (Å²) in [5.41, 5.74) is 1.56. The van der Waals surface area contributed by atoms with Crippen molar-refractivity contribution in [1.29, 1.82) is 0 Å². The van der Waals surface area contributed by atoms with Gasteiger partial charge in [-0.25, -0.2) is 9.48 Å². The van der Waals surface area contributed by atoms with Crippen molar-refractivity contribution in [2.24, 2.45) is 0 Å². The van der Waals surface area contributed by atoms with Gasteiger partial charge < -0.3 is 5.11 Å². The lowest BCUT2D eigenvalue weighted by Crippen LogP contribution is -2.10. The van der Waals surface area contributed by atoms with E-state index in [1.165, 1.54) is 25.7 Å². The van der Waals surface area contributed by atoms with Crippen molar-refractivity contribution >= 4 is 5.97 Å². The minimum absolute atomic E-state index is 0.0349. The summed E-state index contributed by atoms with van der Waals surface area (Å²) in [7, 11) is 0. The zero-order valence-electron chi connectivity index (χ0n) is 12.1. The molecular formula is C14H19N5O2. The van der Waals surface area contributed by atoms with Crippen LogP contribution in [0.5, 0.6) is 0 Å². The van der Waals surface area contributed by atoms with Gasteiger partial charge in [0.2, 0.25) is 0 Å². The van der Waals surface area contributed by atoms with E-state index in [2.05, 4.69) is 15.4 Å². The third-order valence-electron chi connectivity index (χ3n) is 4.05. The molecule has 0 unspecified atom stereocenters. The second kappa shape index (κ2) is 5.67. The van der Waals surface area contributed by atoms with E-state index in [9.17, 15) is 4.79 Å². The molecule has 2 heterocycles. The normalized spacial score (nSPS) is 15.7. The summed E-state index contributed by atoms with van der Waals surface area (Å²) in [6, 6.07) is 2.48. The molecule has 3 rings (SSSR count). The van der Waals surface area contributed by atoms with Crippen LogP contribution in [0.1, 0.15) is 60.5 Å². The summed E-state index contributed by atoms with van der Waals surface area (Å²) in [5, 5.41) is 21.4. The van der Waals surface area contributed by atoms with Crippen molar-refractivity contribution in [1.82, 2.24) is 24.8 Å². The van der Waals surface area contributed by atoms with E-state index >= 15 is 0 Å². The Morgan fingerprint density at radius 1 is 1.43 bits per heavy atom. The fourth-order valence-electron chi connectivity index (χ4n) is 2.96. The molecule has 1 N–H and O–H groups in total. The maximum atomic E-state index is 11.1. The monoisotopic (exact) mass is 289 g/mol. The third kappa shape index (κ3) is 2.68. The molecule has 0 spiro atoms. The highest BCUT2D eigenvalue weighted by Gasteiger charge is 2.20. The molecule has 1 aliphatic carbocycles. The van der Waals surface area contributed by atoms with Gasteiger partial charge in [-0.3, -0.25) is 4.68 Å². The fourth-order valence-corrected chi connectivity index (χ4v) is 2.96. The minimum atomic E-state index is -1.03. The number of carbonyl (C=O) groups is 1. The molecule has 2 aromatic heterocycles. The molecule has 0 aromatic carbocycles. The first-order valence-electron chi connectivity index (χ1n) is 7.38. The van der Waals surface area contributed by atoms with Crippen molar-refractivity contribution in [3.05, 3.63) is 29.3 Å². The lowest BCUT2D eigenvalue weighted by molar-refractivity contribution is 0.0689. The summed E-state index contributed by atoms with van der Waals surface area (Å²) in [5.74, 6) is -1.03. The first-order valence-corrected chi connectivity index (χ1v) is 7.38. The fraction of sp³-hybridized carbons (Fsp3) is 0.571. The number of nitrogens with zero attached hydrogens (tertiary/aromatic N) is 5. The summed E-state index contributed by atoms with van der Waals surface area (Å²) < 4.78 is 3.66. The van der Waals surface area contributed by atoms with Crippen LogP contribution in [0.2, 0.25) is 0 Å². The van der Waals surface area contributed by atoms with Crippen LogP contribution in [0, 0.1) is 0 Å².